The second-order valence-corrected chi connectivity index (χ2v) is 5.49. The van der Waals surface area contributed by atoms with Crippen LogP contribution in [0.25, 0.3) is 0 Å². The first-order valence-electron chi connectivity index (χ1n) is 4.53. The Labute approximate surface area is 110 Å². The van der Waals surface area contributed by atoms with Gasteiger partial charge in [-0.25, -0.2) is 4.39 Å². The van der Waals surface area contributed by atoms with Crippen LogP contribution in [0.5, 0.6) is 0 Å². The average molecular weight is 321 g/mol. The smallest absolute Gasteiger partial charge is 0.142 e. The molecule has 1 aromatic heterocycles. The third kappa shape index (κ3) is 2.30. The van der Waals surface area contributed by atoms with E-state index < -0.39 is 5.82 Å². The summed E-state index contributed by atoms with van der Waals surface area (Å²) in [4.78, 5) is 0.974. The molecule has 0 fully saturated rings. The van der Waals surface area contributed by atoms with Crippen LogP contribution >= 0.6 is 38.9 Å². The van der Waals surface area contributed by atoms with Crippen molar-refractivity contribution in [3.05, 3.63) is 55.4 Å². The molecule has 0 aliphatic carbocycles. The van der Waals surface area contributed by atoms with Gasteiger partial charge >= 0.3 is 0 Å². The highest BCUT2D eigenvalue weighted by Crippen LogP contribution is 2.32. The summed E-state index contributed by atoms with van der Waals surface area (Å²) in [6.07, 6.45) is 0. The first-order valence-corrected chi connectivity index (χ1v) is 6.58. The van der Waals surface area contributed by atoms with Gasteiger partial charge in [0.1, 0.15) is 5.82 Å². The van der Waals surface area contributed by atoms with Crippen molar-refractivity contribution in [2.75, 3.05) is 0 Å². The van der Waals surface area contributed by atoms with Crippen molar-refractivity contribution in [1.29, 1.82) is 0 Å². The standard InChI is InChI=1S/C11H8BrClFNS/c12-7-3-4-16-11(7)10(15)6-1-2-8(13)9(14)5-6/h1-5,10H,15H2. The molecule has 2 N–H and O–H groups in total. The summed E-state index contributed by atoms with van der Waals surface area (Å²) in [5.74, 6) is -0.442. The molecule has 0 saturated carbocycles. The van der Waals surface area contributed by atoms with Gasteiger partial charge in [0, 0.05) is 9.35 Å². The molecule has 2 rings (SSSR count). The first-order chi connectivity index (χ1) is 7.59. The highest BCUT2D eigenvalue weighted by molar-refractivity contribution is 9.10. The maximum absolute atomic E-state index is 13.3. The molecule has 0 bridgehead atoms. The van der Waals surface area contributed by atoms with E-state index in [0.717, 1.165) is 9.35 Å². The minimum absolute atomic E-state index is 0.112. The van der Waals surface area contributed by atoms with Gasteiger partial charge in [-0.3, -0.25) is 0 Å². The molecule has 1 aromatic carbocycles. The molecule has 1 heterocycles. The van der Waals surface area contributed by atoms with Crippen molar-refractivity contribution in [2.24, 2.45) is 5.73 Å². The molecule has 1 atom stereocenters. The van der Waals surface area contributed by atoms with Gasteiger partial charge in [-0.2, -0.15) is 0 Å². The van der Waals surface area contributed by atoms with Crippen LogP contribution in [0.4, 0.5) is 4.39 Å². The van der Waals surface area contributed by atoms with Gasteiger partial charge in [-0.1, -0.05) is 17.7 Å². The normalized spacial score (nSPS) is 12.8. The van der Waals surface area contributed by atoms with Gasteiger partial charge < -0.3 is 5.73 Å². The predicted molar refractivity (Wildman–Crippen MR) is 69.5 cm³/mol. The summed E-state index contributed by atoms with van der Waals surface area (Å²) < 4.78 is 14.2. The van der Waals surface area contributed by atoms with Crippen LogP contribution in [0.2, 0.25) is 5.02 Å². The Bertz CT molecular complexity index is 514. The van der Waals surface area contributed by atoms with E-state index in [0.29, 0.717) is 5.56 Å². The van der Waals surface area contributed by atoms with Gasteiger partial charge in [0.2, 0.25) is 0 Å². The van der Waals surface area contributed by atoms with Gasteiger partial charge in [0.05, 0.1) is 11.1 Å². The largest absolute Gasteiger partial charge is 0.320 e. The Hall–Kier alpha value is -0.420. The molecule has 0 spiro atoms. The molecule has 0 aliphatic heterocycles. The number of halogens is 3. The first kappa shape index (κ1) is 12.0. The average Bonchev–Trinajstić information content (AvgIpc) is 2.67. The summed E-state index contributed by atoms with van der Waals surface area (Å²) in [5.41, 5.74) is 6.76. The van der Waals surface area contributed by atoms with Crippen molar-refractivity contribution in [3.8, 4) is 0 Å². The van der Waals surface area contributed by atoms with E-state index in [1.807, 2.05) is 11.4 Å². The number of hydrogen-bond acceptors (Lipinski definition) is 2. The zero-order valence-electron chi connectivity index (χ0n) is 8.08. The summed E-state index contributed by atoms with van der Waals surface area (Å²) in [6.45, 7) is 0. The minimum atomic E-state index is -0.442. The quantitative estimate of drug-likeness (QED) is 0.874. The lowest BCUT2D eigenvalue weighted by Gasteiger charge is -2.11. The van der Waals surface area contributed by atoms with Crippen LogP contribution < -0.4 is 5.73 Å². The zero-order valence-corrected chi connectivity index (χ0v) is 11.2. The van der Waals surface area contributed by atoms with Gasteiger partial charge in [0.15, 0.2) is 0 Å². The molecule has 0 saturated heterocycles. The van der Waals surface area contributed by atoms with Crippen LogP contribution in [0.15, 0.2) is 34.1 Å². The maximum atomic E-state index is 13.3. The van der Waals surface area contributed by atoms with E-state index in [-0.39, 0.29) is 11.1 Å². The molecule has 2 aromatic rings. The lowest BCUT2D eigenvalue weighted by molar-refractivity contribution is 0.624. The lowest BCUT2D eigenvalue weighted by atomic mass is 10.1. The highest BCUT2D eigenvalue weighted by atomic mass is 79.9. The molecule has 0 amide bonds. The summed E-state index contributed by atoms with van der Waals surface area (Å²) in [5, 5.41) is 2.05. The fourth-order valence-electron chi connectivity index (χ4n) is 1.38. The van der Waals surface area contributed by atoms with Crippen LogP contribution in [0, 0.1) is 5.82 Å². The van der Waals surface area contributed by atoms with Crippen molar-refractivity contribution in [3.63, 3.8) is 0 Å². The fourth-order valence-corrected chi connectivity index (χ4v) is 3.15. The number of hydrogen-bond donors (Lipinski definition) is 1. The third-order valence-electron chi connectivity index (χ3n) is 2.23. The number of benzene rings is 1. The molecular formula is C11H8BrClFNS. The van der Waals surface area contributed by atoms with E-state index >= 15 is 0 Å². The Morgan fingerprint density at radius 3 is 2.69 bits per heavy atom. The van der Waals surface area contributed by atoms with E-state index in [1.54, 1.807) is 6.07 Å². The van der Waals surface area contributed by atoms with E-state index in [9.17, 15) is 4.39 Å². The molecule has 0 aliphatic rings. The maximum Gasteiger partial charge on any atom is 0.142 e. The van der Waals surface area contributed by atoms with E-state index in [1.165, 1.54) is 23.5 Å². The molecule has 16 heavy (non-hydrogen) atoms. The molecular weight excluding hydrogens is 313 g/mol. The summed E-state index contributed by atoms with van der Waals surface area (Å²) >= 11 is 10.6. The summed E-state index contributed by atoms with van der Waals surface area (Å²) in [7, 11) is 0. The Kier molecular flexibility index (Phi) is 3.64. The second-order valence-electron chi connectivity index (χ2n) is 3.28. The van der Waals surface area contributed by atoms with E-state index in [4.69, 9.17) is 17.3 Å². The molecule has 5 heteroatoms. The van der Waals surface area contributed by atoms with Gasteiger partial charge in [-0.05, 0) is 45.1 Å². The van der Waals surface area contributed by atoms with Crippen LogP contribution in [-0.2, 0) is 0 Å². The van der Waals surface area contributed by atoms with Crippen LogP contribution in [-0.4, -0.2) is 0 Å². The topological polar surface area (TPSA) is 26.0 Å². The Morgan fingerprint density at radius 1 is 1.38 bits per heavy atom. The highest BCUT2D eigenvalue weighted by Gasteiger charge is 2.14. The summed E-state index contributed by atoms with van der Waals surface area (Å²) in [6, 6.07) is 6.22. The molecule has 0 radical (unpaired) electrons. The zero-order chi connectivity index (χ0) is 11.7. The molecule has 84 valence electrons. The monoisotopic (exact) mass is 319 g/mol. The van der Waals surface area contributed by atoms with Crippen LogP contribution in [0.3, 0.4) is 0 Å². The number of thiophene rings is 1. The second kappa shape index (κ2) is 4.84. The lowest BCUT2D eigenvalue weighted by Crippen LogP contribution is -2.10. The molecule has 1 unspecified atom stereocenters. The van der Waals surface area contributed by atoms with Crippen molar-refractivity contribution >= 4 is 38.9 Å². The SMILES string of the molecule is NC(c1ccc(Cl)c(F)c1)c1sccc1Br. The number of rotatable bonds is 2. The van der Waals surface area contributed by atoms with Crippen molar-refractivity contribution in [2.45, 2.75) is 6.04 Å². The number of nitrogens with two attached hydrogens (primary N) is 1. The van der Waals surface area contributed by atoms with Crippen molar-refractivity contribution < 1.29 is 4.39 Å². The fraction of sp³-hybridized carbons (Fsp3) is 0.0909. The van der Waals surface area contributed by atoms with Crippen molar-refractivity contribution in [1.82, 2.24) is 0 Å². The Morgan fingerprint density at radius 2 is 2.12 bits per heavy atom. The van der Waals surface area contributed by atoms with Gasteiger partial charge in [0.25, 0.3) is 0 Å². The third-order valence-corrected chi connectivity index (χ3v) is 4.49. The van der Waals surface area contributed by atoms with Crippen LogP contribution in [0.1, 0.15) is 16.5 Å². The molecule has 1 nitrogen and oxygen atoms in total. The van der Waals surface area contributed by atoms with E-state index in [2.05, 4.69) is 15.9 Å². The van der Waals surface area contributed by atoms with Gasteiger partial charge in [-0.15, -0.1) is 11.3 Å². The predicted octanol–water partition coefficient (Wildman–Crippen LogP) is 4.35. The Balaban J connectivity index is 2.38. The minimum Gasteiger partial charge on any atom is -0.320 e.